The molecule has 3 rings (SSSR count). The summed E-state index contributed by atoms with van der Waals surface area (Å²) in [6.45, 7) is 1.79. The molecule has 0 saturated carbocycles. The van der Waals surface area contributed by atoms with Crippen LogP contribution in [0.15, 0.2) is 41.5 Å². The monoisotopic (exact) mass is 243 g/mol. The maximum Gasteiger partial charge on any atom is 0.248 e. The molecule has 3 aromatic rings. The molecule has 0 aliphatic rings. The van der Waals surface area contributed by atoms with Crippen LogP contribution in [0.2, 0.25) is 0 Å². The lowest BCUT2D eigenvalue weighted by Gasteiger charge is -2.08. The fraction of sp³-hybridized carbons (Fsp3) is 0.0769. The molecule has 0 aliphatic heterocycles. The summed E-state index contributed by atoms with van der Waals surface area (Å²) in [6, 6.07) is 5.99. The third-order valence-corrected chi connectivity index (χ3v) is 2.88. The zero-order chi connectivity index (χ0) is 12.7. The van der Waals surface area contributed by atoms with Crippen molar-refractivity contribution in [2.45, 2.75) is 6.92 Å². The number of pyridine rings is 1. The Morgan fingerprint density at radius 3 is 2.89 bits per heavy atom. The molecule has 2 aromatic heterocycles. The number of aryl methyl sites for hydroxylation is 1. The molecule has 2 heterocycles. The Hall–Kier alpha value is -2.43. The first-order valence-electron chi connectivity index (χ1n) is 5.48. The molecule has 0 amide bonds. The number of H-pyrrole nitrogens is 1. The van der Waals surface area contributed by atoms with Crippen LogP contribution in [-0.4, -0.2) is 14.5 Å². The molecule has 0 unspecified atom stereocenters. The topological polar surface area (TPSA) is 50.7 Å². The van der Waals surface area contributed by atoms with Crippen LogP contribution >= 0.6 is 0 Å². The van der Waals surface area contributed by atoms with E-state index in [1.807, 2.05) is 0 Å². The van der Waals surface area contributed by atoms with E-state index >= 15 is 0 Å². The quantitative estimate of drug-likeness (QED) is 0.712. The Morgan fingerprint density at radius 1 is 1.33 bits per heavy atom. The van der Waals surface area contributed by atoms with Gasteiger partial charge in [0.1, 0.15) is 11.6 Å². The zero-order valence-corrected chi connectivity index (χ0v) is 9.64. The molecule has 0 radical (unpaired) electrons. The predicted octanol–water partition coefficient (Wildman–Crippen LogP) is 2.16. The highest BCUT2D eigenvalue weighted by atomic mass is 19.1. The highest BCUT2D eigenvalue weighted by Crippen LogP contribution is 2.20. The minimum absolute atomic E-state index is 0.206. The molecule has 0 saturated heterocycles. The zero-order valence-electron chi connectivity index (χ0n) is 9.64. The van der Waals surface area contributed by atoms with E-state index in [0.717, 1.165) is 0 Å². The lowest BCUT2D eigenvalue weighted by molar-refractivity contribution is 0.618. The number of halogens is 1. The molecule has 5 heteroatoms. The smallest absolute Gasteiger partial charge is 0.248 e. The second-order valence-corrected chi connectivity index (χ2v) is 4.06. The minimum Gasteiger partial charge on any atom is -0.322 e. The Labute approximate surface area is 102 Å². The van der Waals surface area contributed by atoms with Crippen LogP contribution in [0, 0.1) is 12.7 Å². The molecule has 0 bridgehead atoms. The highest BCUT2D eigenvalue weighted by molar-refractivity contribution is 5.80. The van der Waals surface area contributed by atoms with Crippen molar-refractivity contribution in [2.75, 3.05) is 0 Å². The maximum atomic E-state index is 14.0. The van der Waals surface area contributed by atoms with Gasteiger partial charge in [-0.1, -0.05) is 0 Å². The normalized spacial score (nSPS) is 11.0. The van der Waals surface area contributed by atoms with Crippen LogP contribution in [0.3, 0.4) is 0 Å². The number of aromatic nitrogens is 3. The van der Waals surface area contributed by atoms with Crippen LogP contribution in [0.1, 0.15) is 5.82 Å². The summed E-state index contributed by atoms with van der Waals surface area (Å²) in [5.41, 5.74) is 0.772. The van der Waals surface area contributed by atoms with Gasteiger partial charge in [0.2, 0.25) is 5.56 Å². The van der Waals surface area contributed by atoms with Crippen molar-refractivity contribution in [2.24, 2.45) is 0 Å². The second kappa shape index (κ2) is 3.80. The fourth-order valence-electron chi connectivity index (χ4n) is 1.98. The number of benzene rings is 1. The molecule has 0 fully saturated rings. The summed E-state index contributed by atoms with van der Waals surface area (Å²) in [4.78, 5) is 18.0. The standard InChI is InChI=1S/C13H10FN3O/c1-8-15-4-5-17(8)12-7-11-9(6-10(12)14)2-3-13(18)16-11/h2-7H,1H3,(H,16,18). The van der Waals surface area contributed by atoms with Gasteiger partial charge in [-0.3, -0.25) is 4.79 Å². The van der Waals surface area contributed by atoms with Crippen molar-refractivity contribution in [1.29, 1.82) is 0 Å². The fourth-order valence-corrected chi connectivity index (χ4v) is 1.98. The van der Waals surface area contributed by atoms with E-state index in [1.54, 1.807) is 36.0 Å². The second-order valence-electron chi connectivity index (χ2n) is 4.06. The molecule has 90 valence electrons. The van der Waals surface area contributed by atoms with Crippen LogP contribution in [0.25, 0.3) is 16.6 Å². The van der Waals surface area contributed by atoms with Gasteiger partial charge in [-0.15, -0.1) is 0 Å². The summed E-state index contributed by atoms with van der Waals surface area (Å²) < 4.78 is 15.7. The van der Waals surface area contributed by atoms with Gasteiger partial charge in [0.15, 0.2) is 0 Å². The molecule has 18 heavy (non-hydrogen) atoms. The van der Waals surface area contributed by atoms with Crippen LogP contribution < -0.4 is 5.56 Å². The van der Waals surface area contributed by atoms with E-state index in [0.29, 0.717) is 22.4 Å². The predicted molar refractivity (Wildman–Crippen MR) is 66.4 cm³/mol. The minimum atomic E-state index is -0.351. The SMILES string of the molecule is Cc1nccn1-c1cc2[nH]c(=O)ccc2cc1F. The van der Waals surface area contributed by atoms with Crippen molar-refractivity contribution < 1.29 is 4.39 Å². The number of fused-ring (bicyclic) bond motifs is 1. The maximum absolute atomic E-state index is 14.0. The van der Waals surface area contributed by atoms with Crippen molar-refractivity contribution in [1.82, 2.24) is 14.5 Å². The molecular formula is C13H10FN3O. The van der Waals surface area contributed by atoms with Gasteiger partial charge in [0, 0.05) is 23.8 Å². The van der Waals surface area contributed by atoms with Crippen LogP contribution in [-0.2, 0) is 0 Å². The van der Waals surface area contributed by atoms with Gasteiger partial charge in [-0.25, -0.2) is 9.37 Å². The first-order chi connectivity index (χ1) is 8.65. The molecule has 0 aliphatic carbocycles. The van der Waals surface area contributed by atoms with Gasteiger partial charge in [0.25, 0.3) is 0 Å². The number of nitrogens with zero attached hydrogens (tertiary/aromatic N) is 2. The van der Waals surface area contributed by atoms with Gasteiger partial charge < -0.3 is 9.55 Å². The number of hydrogen-bond donors (Lipinski definition) is 1. The lowest BCUT2D eigenvalue weighted by Crippen LogP contribution is -2.05. The van der Waals surface area contributed by atoms with E-state index in [-0.39, 0.29) is 11.4 Å². The average Bonchev–Trinajstić information content (AvgIpc) is 2.75. The number of hydrogen-bond acceptors (Lipinski definition) is 2. The first kappa shape index (κ1) is 10.7. The van der Waals surface area contributed by atoms with Crippen LogP contribution in [0.5, 0.6) is 0 Å². The molecule has 1 aromatic carbocycles. The van der Waals surface area contributed by atoms with Gasteiger partial charge in [-0.2, -0.15) is 0 Å². The third-order valence-electron chi connectivity index (χ3n) is 2.88. The average molecular weight is 243 g/mol. The number of aromatic amines is 1. The van der Waals surface area contributed by atoms with E-state index < -0.39 is 0 Å². The molecule has 0 atom stereocenters. The highest BCUT2D eigenvalue weighted by Gasteiger charge is 2.09. The lowest BCUT2D eigenvalue weighted by atomic mass is 10.2. The Morgan fingerprint density at radius 2 is 2.17 bits per heavy atom. The summed E-state index contributed by atoms with van der Waals surface area (Å²) in [7, 11) is 0. The Balaban J connectivity index is 2.33. The van der Waals surface area contributed by atoms with Crippen molar-refractivity contribution in [3.63, 3.8) is 0 Å². The van der Waals surface area contributed by atoms with Crippen molar-refractivity contribution in [3.05, 3.63) is 58.7 Å². The van der Waals surface area contributed by atoms with E-state index in [9.17, 15) is 9.18 Å². The van der Waals surface area contributed by atoms with E-state index in [2.05, 4.69) is 9.97 Å². The summed E-state index contributed by atoms with van der Waals surface area (Å²) >= 11 is 0. The summed E-state index contributed by atoms with van der Waals surface area (Å²) in [6.07, 6.45) is 3.29. The van der Waals surface area contributed by atoms with Crippen molar-refractivity contribution >= 4 is 10.9 Å². The van der Waals surface area contributed by atoms with E-state index in [1.165, 1.54) is 12.1 Å². The third kappa shape index (κ3) is 1.60. The van der Waals surface area contributed by atoms with Gasteiger partial charge in [-0.05, 0) is 25.1 Å². The number of nitrogens with one attached hydrogen (secondary N) is 1. The largest absolute Gasteiger partial charge is 0.322 e. The van der Waals surface area contributed by atoms with E-state index in [4.69, 9.17) is 0 Å². The first-order valence-corrected chi connectivity index (χ1v) is 5.48. The van der Waals surface area contributed by atoms with Crippen molar-refractivity contribution in [3.8, 4) is 5.69 Å². The van der Waals surface area contributed by atoms with Crippen LogP contribution in [0.4, 0.5) is 4.39 Å². The summed E-state index contributed by atoms with van der Waals surface area (Å²) in [5.74, 6) is 0.335. The Bertz CT molecular complexity index is 788. The molecule has 4 nitrogen and oxygen atoms in total. The van der Waals surface area contributed by atoms with Gasteiger partial charge in [0.05, 0.1) is 11.2 Å². The number of rotatable bonds is 1. The number of imidazole rings is 1. The molecule has 0 spiro atoms. The molecular weight excluding hydrogens is 233 g/mol. The molecule has 1 N–H and O–H groups in total. The summed E-state index contributed by atoms with van der Waals surface area (Å²) in [5, 5.41) is 0.661. The van der Waals surface area contributed by atoms with Gasteiger partial charge >= 0.3 is 0 Å². The Kier molecular flexibility index (Phi) is 2.26.